The second-order valence-corrected chi connectivity index (χ2v) is 28.5. The fourth-order valence-electron chi connectivity index (χ4n) is 10.8. The molecule has 9 rings (SSSR count). The molecule has 5 heterocycles. The molecule has 524 valence electrons. The Bertz CT molecular complexity index is 4190. The fraction of sp³-hybridized carbons (Fsp3) is 0.369. The first-order valence-electron chi connectivity index (χ1n) is 31.9. The topological polar surface area (TPSA) is 370 Å². The minimum Gasteiger partial charge on any atom is -0.494 e. The maximum atomic E-state index is 13.8. The molecule has 0 unspecified atom stereocenters. The number of thiazole rings is 2. The van der Waals surface area contributed by atoms with Crippen LogP contribution in [0.15, 0.2) is 119 Å². The summed E-state index contributed by atoms with van der Waals surface area (Å²) in [7, 11) is -5.85. The quantitative estimate of drug-likeness (QED) is 0.00608. The van der Waals surface area contributed by atoms with Gasteiger partial charge in [-0.3, -0.25) is 28.3 Å². The summed E-state index contributed by atoms with van der Waals surface area (Å²) in [6.45, 7) is 17.8. The fourth-order valence-corrected chi connectivity index (χ4v) is 14.1. The van der Waals surface area contributed by atoms with Crippen molar-refractivity contribution in [2.24, 2.45) is 20.5 Å². The number of rotatable bonds is 30. The molecule has 29 nitrogen and oxygen atoms in total. The lowest BCUT2D eigenvalue weighted by Crippen LogP contribution is -2.30. The number of anilines is 10. The van der Waals surface area contributed by atoms with E-state index in [2.05, 4.69) is 51.1 Å². The van der Waals surface area contributed by atoms with Gasteiger partial charge < -0.3 is 50.3 Å². The molecule has 0 radical (unpaired) electrons. The zero-order valence-electron chi connectivity index (χ0n) is 56.0. The normalized spacial score (nSPS) is 14.0. The van der Waals surface area contributed by atoms with E-state index in [4.69, 9.17) is 44.6 Å². The number of amides is 2. The summed E-state index contributed by atoms with van der Waals surface area (Å²) in [5, 5.41) is 31.8. The van der Waals surface area contributed by atoms with Crippen molar-refractivity contribution in [3.63, 3.8) is 0 Å². The minimum absolute atomic E-state index is 0.122. The number of thioether (sulfide) groups is 1. The average molecular weight is 1450 g/mol. The minimum atomic E-state index is -4.49. The Hall–Kier alpha value is -9.32. The number of benzene rings is 4. The first-order valence-corrected chi connectivity index (χ1v) is 37.4. The van der Waals surface area contributed by atoms with E-state index >= 15 is 0 Å². The van der Waals surface area contributed by atoms with Crippen LogP contribution in [0.1, 0.15) is 96.7 Å². The van der Waals surface area contributed by atoms with Gasteiger partial charge in [-0.05, 0) is 159 Å². The molecule has 6 N–H and O–H groups in total. The van der Waals surface area contributed by atoms with Crippen molar-refractivity contribution >= 4 is 169 Å². The van der Waals surface area contributed by atoms with Crippen molar-refractivity contribution in [1.29, 1.82) is 0 Å². The SMILES string of the molecule is CCSc1nc(Nc2cc(N(CC)CC)c(OC)cc2N=Nc2nc(N3CCCCC3)c(C=C(C(C)=O)C(=O)Nc3ccc(S(=O)(=O)O)cc3)s2)nc(Nc2cc(N(CC)CC)c(OC)cc2N=Nc2nc(N3CCCCC3)c(C=C(C(C)=O)C(=O)Nc3ccc(S(=O)(=O)O)cc3)s2)n1. The molecule has 0 bridgehead atoms. The number of aromatic nitrogens is 5. The number of Topliss-reactive ketones (excluding diaryl/α,β-unsaturated/α-hetero) is 2. The standard InChI is InChI=1S/C65H77N17O12S5/c1-10-79(11-2)51-35-47(49(37-53(51)93-8)75-77-64-70-57(81-29-17-15-18-30-81)55(96-64)33-45(39(6)83)59(85)66-41-21-25-43(26-22-41)98(87,88)89)68-61-72-62(74-63(73-61)95-14-5)69-48-36-52(80(12-3)13-4)54(94-9)38-50(48)76-78-65-71-58(82-31-19-16-20-32-82)56(97-65)34-46(40(7)84)60(86)67-42-23-27-44(28-24-42)99(90,91)92/h21-28,33-38H,10-20,29-32H2,1-9H3,(H,66,85)(H,67,86)(H,87,88,89)(H,90,91,92)(H2,68,69,72,73,74). The predicted molar refractivity (Wildman–Crippen MR) is 388 cm³/mol. The Balaban J connectivity index is 1.09. The predicted octanol–water partition coefficient (Wildman–Crippen LogP) is 13.6. The van der Waals surface area contributed by atoms with E-state index in [0.29, 0.717) is 119 Å². The van der Waals surface area contributed by atoms with Crippen LogP contribution < -0.4 is 50.3 Å². The van der Waals surface area contributed by atoms with Gasteiger partial charge in [-0.2, -0.15) is 41.8 Å². The van der Waals surface area contributed by atoms with Gasteiger partial charge in [0, 0.05) is 75.9 Å². The number of nitrogens with one attached hydrogen (secondary N) is 4. The highest BCUT2D eigenvalue weighted by Crippen LogP contribution is 2.45. The van der Waals surface area contributed by atoms with Crippen LogP contribution in [0.3, 0.4) is 0 Å². The van der Waals surface area contributed by atoms with Gasteiger partial charge in [0.05, 0.1) is 67.7 Å². The largest absolute Gasteiger partial charge is 0.494 e. The van der Waals surface area contributed by atoms with E-state index in [1.807, 2.05) is 46.8 Å². The molecule has 0 aliphatic carbocycles. The van der Waals surface area contributed by atoms with Crippen LogP contribution in [0.2, 0.25) is 0 Å². The summed E-state index contributed by atoms with van der Waals surface area (Å²) in [4.78, 5) is 87.2. The third kappa shape index (κ3) is 18.9. The molecular formula is C65H77N17O12S5. The van der Waals surface area contributed by atoms with E-state index in [-0.39, 0.29) is 54.5 Å². The van der Waals surface area contributed by atoms with Gasteiger partial charge >= 0.3 is 0 Å². The second-order valence-electron chi connectivity index (χ2n) is 22.4. The number of piperidine rings is 2. The Morgan fingerprint density at radius 2 is 0.929 bits per heavy atom. The highest BCUT2D eigenvalue weighted by atomic mass is 32.2. The molecule has 2 aliphatic rings. The molecule has 2 amide bonds. The summed E-state index contributed by atoms with van der Waals surface area (Å²) in [6, 6.07) is 16.9. The summed E-state index contributed by atoms with van der Waals surface area (Å²) in [5.41, 5.74) is 2.89. The Labute approximate surface area is 586 Å². The number of methoxy groups -OCH3 is 2. The van der Waals surface area contributed by atoms with E-state index in [0.717, 1.165) is 96.8 Å². The van der Waals surface area contributed by atoms with Crippen LogP contribution in [0.4, 0.5) is 79.3 Å². The molecule has 4 aromatic carbocycles. The van der Waals surface area contributed by atoms with Crippen LogP contribution in [-0.2, 0) is 39.4 Å². The van der Waals surface area contributed by atoms with E-state index in [1.54, 1.807) is 26.4 Å². The van der Waals surface area contributed by atoms with Gasteiger partial charge in [-0.15, -0.1) is 20.5 Å². The molecular weight excluding hydrogens is 1370 g/mol. The number of carbonyl (C=O) groups excluding carboxylic acids is 4. The lowest BCUT2D eigenvalue weighted by molar-refractivity contribution is -0.120. The van der Waals surface area contributed by atoms with Gasteiger partial charge in [0.2, 0.25) is 22.2 Å². The van der Waals surface area contributed by atoms with Crippen molar-refractivity contribution in [3.05, 3.63) is 93.7 Å². The molecule has 2 aliphatic heterocycles. The van der Waals surface area contributed by atoms with Crippen LogP contribution in [0.25, 0.3) is 12.2 Å². The maximum absolute atomic E-state index is 13.8. The van der Waals surface area contributed by atoms with E-state index in [9.17, 15) is 45.1 Å². The lowest BCUT2D eigenvalue weighted by atomic mass is 10.1. The number of azo groups is 2. The van der Waals surface area contributed by atoms with Crippen LogP contribution in [0.5, 0.6) is 11.5 Å². The zero-order chi connectivity index (χ0) is 71.1. The number of ketones is 2. The van der Waals surface area contributed by atoms with Crippen molar-refractivity contribution in [2.45, 2.75) is 102 Å². The third-order valence-corrected chi connectivity index (χ3v) is 20.1. The summed E-state index contributed by atoms with van der Waals surface area (Å²) in [5.74, 6) is 0.253. The van der Waals surface area contributed by atoms with Gasteiger partial charge in [0.15, 0.2) is 16.7 Å². The number of hydrogen-bond donors (Lipinski definition) is 6. The van der Waals surface area contributed by atoms with Crippen LogP contribution >= 0.6 is 34.4 Å². The van der Waals surface area contributed by atoms with Gasteiger partial charge in [0.1, 0.15) is 34.5 Å². The molecule has 0 saturated carbocycles. The van der Waals surface area contributed by atoms with E-state index < -0.39 is 43.6 Å². The number of hydrogen-bond acceptors (Lipinski definition) is 28. The summed E-state index contributed by atoms with van der Waals surface area (Å²) < 4.78 is 77.7. The third-order valence-electron chi connectivity index (χ3n) is 15.8. The van der Waals surface area contributed by atoms with Gasteiger partial charge in [0.25, 0.3) is 32.1 Å². The summed E-state index contributed by atoms with van der Waals surface area (Å²) >= 11 is 3.62. The van der Waals surface area contributed by atoms with Crippen molar-refractivity contribution in [2.75, 3.05) is 113 Å². The lowest BCUT2D eigenvalue weighted by Gasteiger charge is -2.27. The van der Waals surface area contributed by atoms with Crippen molar-refractivity contribution < 1.29 is 54.6 Å². The molecule has 3 aromatic heterocycles. The van der Waals surface area contributed by atoms with Gasteiger partial charge in [-0.25, -0.2) is 0 Å². The van der Waals surface area contributed by atoms with Crippen LogP contribution in [-0.4, -0.2) is 147 Å². The molecule has 34 heteroatoms. The zero-order valence-corrected chi connectivity index (χ0v) is 60.1. The number of carbonyl (C=O) groups is 4. The van der Waals surface area contributed by atoms with E-state index in [1.165, 1.54) is 62.0 Å². The first-order chi connectivity index (χ1) is 47.4. The van der Waals surface area contributed by atoms with Crippen molar-refractivity contribution in [1.82, 2.24) is 24.9 Å². The highest BCUT2D eigenvalue weighted by Gasteiger charge is 2.27. The second kappa shape index (κ2) is 33.5. The Kier molecular flexibility index (Phi) is 25.0. The molecule has 2 saturated heterocycles. The molecule has 0 spiro atoms. The highest BCUT2D eigenvalue weighted by molar-refractivity contribution is 7.99. The number of ether oxygens (including phenoxy) is 2. The molecule has 99 heavy (non-hydrogen) atoms. The first kappa shape index (κ1) is 73.9. The Morgan fingerprint density at radius 1 is 0.556 bits per heavy atom. The Morgan fingerprint density at radius 3 is 1.25 bits per heavy atom. The van der Waals surface area contributed by atoms with Crippen molar-refractivity contribution in [3.8, 4) is 11.5 Å². The molecule has 2 fully saturated rings. The van der Waals surface area contributed by atoms with Crippen LogP contribution in [0, 0.1) is 0 Å². The van der Waals surface area contributed by atoms with Gasteiger partial charge in [-0.1, -0.05) is 41.4 Å². The summed E-state index contributed by atoms with van der Waals surface area (Å²) in [6.07, 6.45) is 8.51. The average Bonchev–Trinajstić information content (AvgIpc) is 1.76. The maximum Gasteiger partial charge on any atom is 0.294 e. The molecule has 7 aromatic rings. The molecule has 0 atom stereocenters. The number of nitrogens with zero attached hydrogens (tertiary/aromatic N) is 13. The monoisotopic (exact) mass is 1450 g/mol. The smallest absolute Gasteiger partial charge is 0.294 e.